The van der Waals surface area contributed by atoms with E-state index in [9.17, 15) is 0 Å². The predicted octanol–water partition coefficient (Wildman–Crippen LogP) is 3.80. The number of pyridine rings is 1. The fourth-order valence-electron chi connectivity index (χ4n) is 3.57. The highest BCUT2D eigenvalue weighted by Gasteiger charge is 2.18. The van der Waals surface area contributed by atoms with Crippen LogP contribution in [-0.2, 0) is 0 Å². The largest absolute Gasteiger partial charge is 0.352 e. The first-order chi connectivity index (χ1) is 12.4. The fourth-order valence-corrected chi connectivity index (χ4v) is 3.57. The number of rotatable bonds is 2. The molecule has 0 saturated carbocycles. The molecule has 1 N–H and O–H groups in total. The number of H-pyrrole nitrogens is 1. The Balaban J connectivity index is 1.49. The number of aromatic nitrogens is 4. The molecule has 1 aliphatic heterocycles. The molecule has 0 amide bonds. The zero-order valence-electron chi connectivity index (χ0n) is 13.7. The molecule has 5 nitrogen and oxygen atoms in total. The summed E-state index contributed by atoms with van der Waals surface area (Å²) >= 11 is 0. The number of aromatic amines is 1. The maximum Gasteiger partial charge on any atom is 0.140 e. The molecular formula is C20H17N5. The van der Waals surface area contributed by atoms with Gasteiger partial charge in [-0.05, 0) is 36.3 Å². The van der Waals surface area contributed by atoms with Gasteiger partial charge >= 0.3 is 0 Å². The lowest BCUT2D eigenvalue weighted by Crippen LogP contribution is -2.29. The van der Waals surface area contributed by atoms with Crippen LogP contribution in [0.4, 0.5) is 5.82 Å². The van der Waals surface area contributed by atoms with Gasteiger partial charge in [-0.3, -0.25) is 0 Å². The van der Waals surface area contributed by atoms with Crippen molar-refractivity contribution >= 4 is 33.3 Å². The molecule has 0 aliphatic carbocycles. The lowest BCUT2D eigenvalue weighted by molar-refractivity contribution is 0.819. The van der Waals surface area contributed by atoms with Crippen LogP contribution in [0.15, 0.2) is 61.2 Å². The van der Waals surface area contributed by atoms with E-state index in [1.807, 2.05) is 30.5 Å². The summed E-state index contributed by atoms with van der Waals surface area (Å²) in [6.07, 6.45) is 8.83. The third-order valence-electron chi connectivity index (χ3n) is 4.83. The number of para-hydroxylation sites is 1. The molecule has 0 bridgehead atoms. The molecule has 25 heavy (non-hydrogen) atoms. The van der Waals surface area contributed by atoms with E-state index in [1.165, 1.54) is 16.5 Å². The molecule has 0 radical (unpaired) electrons. The number of hydrogen-bond acceptors (Lipinski definition) is 4. The fraction of sp³-hybridized carbons (Fsp3) is 0.150. The number of nitrogens with one attached hydrogen (secondary N) is 1. The minimum atomic E-state index is 0.850. The lowest BCUT2D eigenvalue weighted by Gasteiger charge is -2.28. The van der Waals surface area contributed by atoms with Crippen molar-refractivity contribution in [1.29, 1.82) is 0 Å². The van der Waals surface area contributed by atoms with Gasteiger partial charge in [0.25, 0.3) is 0 Å². The van der Waals surface area contributed by atoms with Gasteiger partial charge in [0.15, 0.2) is 0 Å². The van der Waals surface area contributed by atoms with Crippen LogP contribution in [0.2, 0.25) is 0 Å². The molecule has 0 spiro atoms. The first-order valence-corrected chi connectivity index (χ1v) is 8.46. The topological polar surface area (TPSA) is 57.7 Å². The van der Waals surface area contributed by atoms with Gasteiger partial charge in [0, 0.05) is 41.8 Å². The smallest absolute Gasteiger partial charge is 0.140 e. The van der Waals surface area contributed by atoms with Crippen molar-refractivity contribution in [2.24, 2.45) is 0 Å². The van der Waals surface area contributed by atoms with E-state index in [0.29, 0.717) is 0 Å². The summed E-state index contributed by atoms with van der Waals surface area (Å²) in [6.45, 7) is 1.79. The number of hydrogen-bond donors (Lipinski definition) is 1. The zero-order valence-corrected chi connectivity index (χ0v) is 13.7. The maximum absolute atomic E-state index is 4.54. The van der Waals surface area contributed by atoms with E-state index in [-0.39, 0.29) is 0 Å². The number of fused-ring (bicyclic) bond motifs is 2. The van der Waals surface area contributed by atoms with E-state index >= 15 is 0 Å². The van der Waals surface area contributed by atoms with Crippen LogP contribution in [-0.4, -0.2) is 33.0 Å². The Morgan fingerprint density at radius 2 is 1.88 bits per heavy atom. The number of nitrogens with zero attached hydrogens (tertiary/aromatic N) is 4. The van der Waals surface area contributed by atoms with E-state index in [2.05, 4.69) is 49.2 Å². The Labute approximate surface area is 145 Å². The molecule has 122 valence electrons. The molecule has 4 heterocycles. The van der Waals surface area contributed by atoms with Gasteiger partial charge in [-0.15, -0.1) is 0 Å². The van der Waals surface area contributed by atoms with Crippen LogP contribution >= 0.6 is 0 Å². The summed E-state index contributed by atoms with van der Waals surface area (Å²) in [5, 5.41) is 2.30. The van der Waals surface area contributed by atoms with E-state index in [0.717, 1.165) is 41.9 Å². The van der Waals surface area contributed by atoms with Crippen molar-refractivity contribution in [3.05, 3.63) is 66.8 Å². The van der Waals surface area contributed by atoms with Crippen LogP contribution in [0.3, 0.4) is 0 Å². The SMILES string of the molecule is C1=C(c2c[nH]c3ncccc23)CCN(c2ncnc3ccccc23)C1. The highest BCUT2D eigenvalue weighted by Crippen LogP contribution is 2.31. The minimum Gasteiger partial charge on any atom is -0.352 e. The molecule has 5 rings (SSSR count). The Morgan fingerprint density at radius 1 is 0.960 bits per heavy atom. The van der Waals surface area contributed by atoms with Crippen molar-refractivity contribution in [1.82, 2.24) is 19.9 Å². The second kappa shape index (κ2) is 5.70. The van der Waals surface area contributed by atoms with E-state index < -0.39 is 0 Å². The predicted molar refractivity (Wildman–Crippen MR) is 100 cm³/mol. The Hall–Kier alpha value is -3.21. The molecule has 0 atom stereocenters. The highest BCUT2D eigenvalue weighted by molar-refractivity contribution is 5.92. The first kappa shape index (κ1) is 14.2. The Morgan fingerprint density at radius 3 is 2.80 bits per heavy atom. The van der Waals surface area contributed by atoms with Gasteiger partial charge < -0.3 is 9.88 Å². The zero-order chi connectivity index (χ0) is 16.6. The van der Waals surface area contributed by atoms with Crippen LogP contribution in [0, 0.1) is 0 Å². The monoisotopic (exact) mass is 327 g/mol. The third kappa shape index (κ3) is 2.36. The summed E-state index contributed by atoms with van der Waals surface area (Å²) in [5.41, 5.74) is 4.57. The Kier molecular flexibility index (Phi) is 3.23. The third-order valence-corrected chi connectivity index (χ3v) is 4.83. The van der Waals surface area contributed by atoms with Gasteiger partial charge in [0.2, 0.25) is 0 Å². The molecule has 0 saturated heterocycles. The van der Waals surface area contributed by atoms with Crippen molar-refractivity contribution in [2.75, 3.05) is 18.0 Å². The summed E-state index contributed by atoms with van der Waals surface area (Å²) in [7, 11) is 0. The normalized spacial score (nSPS) is 14.9. The summed E-state index contributed by atoms with van der Waals surface area (Å²) in [6, 6.07) is 12.3. The van der Waals surface area contributed by atoms with Crippen LogP contribution in [0.1, 0.15) is 12.0 Å². The van der Waals surface area contributed by atoms with Crippen LogP contribution in [0.25, 0.3) is 27.5 Å². The quantitative estimate of drug-likeness (QED) is 0.608. The molecule has 1 aliphatic rings. The van der Waals surface area contributed by atoms with E-state index in [4.69, 9.17) is 0 Å². The molecule has 3 aromatic heterocycles. The van der Waals surface area contributed by atoms with Crippen molar-refractivity contribution in [2.45, 2.75) is 6.42 Å². The van der Waals surface area contributed by atoms with Crippen molar-refractivity contribution < 1.29 is 0 Å². The average molecular weight is 327 g/mol. The van der Waals surface area contributed by atoms with Gasteiger partial charge in [0.05, 0.1) is 5.52 Å². The molecule has 0 unspecified atom stereocenters. The second-order valence-corrected chi connectivity index (χ2v) is 6.24. The standard InChI is InChI=1S/C20H17N5/c1-2-6-18-16(4-1)20(24-13-23-18)25-10-7-14(8-11-25)17-12-22-19-15(17)5-3-9-21-19/h1-7,9,12-13H,8,10-11H2,(H,21,22). The van der Waals surface area contributed by atoms with Crippen molar-refractivity contribution in [3.63, 3.8) is 0 Å². The minimum absolute atomic E-state index is 0.850. The van der Waals surface area contributed by atoms with Gasteiger partial charge in [0.1, 0.15) is 17.8 Å². The van der Waals surface area contributed by atoms with E-state index in [1.54, 1.807) is 6.33 Å². The molecule has 1 aromatic carbocycles. The lowest BCUT2D eigenvalue weighted by atomic mass is 9.99. The number of anilines is 1. The van der Waals surface area contributed by atoms with Crippen molar-refractivity contribution in [3.8, 4) is 0 Å². The molecule has 5 heteroatoms. The van der Waals surface area contributed by atoms with Gasteiger partial charge in [-0.1, -0.05) is 18.2 Å². The van der Waals surface area contributed by atoms with Gasteiger partial charge in [-0.2, -0.15) is 0 Å². The second-order valence-electron chi connectivity index (χ2n) is 6.24. The summed E-state index contributed by atoms with van der Waals surface area (Å²) in [5.74, 6) is 1.02. The Bertz CT molecular complexity index is 1090. The average Bonchev–Trinajstić information content (AvgIpc) is 3.12. The maximum atomic E-state index is 4.54. The first-order valence-electron chi connectivity index (χ1n) is 8.46. The molecule has 4 aromatic rings. The highest BCUT2D eigenvalue weighted by atomic mass is 15.2. The van der Waals surface area contributed by atoms with Crippen LogP contribution in [0.5, 0.6) is 0 Å². The summed E-state index contributed by atoms with van der Waals surface area (Å²) in [4.78, 5) is 18.9. The summed E-state index contributed by atoms with van der Waals surface area (Å²) < 4.78 is 0. The van der Waals surface area contributed by atoms with Gasteiger partial charge in [-0.25, -0.2) is 15.0 Å². The molecule has 0 fully saturated rings. The number of benzene rings is 1. The van der Waals surface area contributed by atoms with Crippen LogP contribution < -0.4 is 4.90 Å². The molecular weight excluding hydrogens is 310 g/mol.